The number of aromatic nitrogens is 5. The first kappa shape index (κ1) is 28.9. The van der Waals surface area contributed by atoms with Gasteiger partial charge >= 0.3 is 0 Å². The van der Waals surface area contributed by atoms with Gasteiger partial charge in [0, 0.05) is 23.8 Å². The summed E-state index contributed by atoms with van der Waals surface area (Å²) in [4.78, 5) is 4.12. The van der Waals surface area contributed by atoms with Crippen LogP contribution in [0, 0.1) is 27.7 Å². The molecule has 0 saturated heterocycles. The first-order valence-electron chi connectivity index (χ1n) is 12.3. The third-order valence-electron chi connectivity index (χ3n) is 6.23. The van der Waals surface area contributed by atoms with Crippen LogP contribution in [0.4, 0.5) is 0 Å². The highest BCUT2D eigenvalue weighted by atomic mass is 35.5. The second-order valence-corrected chi connectivity index (χ2v) is 11.9. The lowest BCUT2D eigenvalue weighted by Gasteiger charge is -2.22. The number of hydrogen-bond acceptors (Lipinski definition) is 8. The van der Waals surface area contributed by atoms with Gasteiger partial charge < -0.3 is 4.42 Å². The van der Waals surface area contributed by atoms with Crippen molar-refractivity contribution in [2.75, 3.05) is 0 Å². The molecule has 6 nitrogen and oxygen atoms in total. The summed E-state index contributed by atoms with van der Waals surface area (Å²) in [5, 5.41) is 21.4. The van der Waals surface area contributed by atoms with E-state index in [9.17, 15) is 0 Å². The summed E-state index contributed by atoms with van der Waals surface area (Å²) in [5.41, 5.74) is 4.50. The van der Waals surface area contributed by atoms with E-state index in [1.807, 2.05) is 26.8 Å². The SMILES string of the molecule is CCC(C)(CC)c1nnc(C)s1.Cc1nc2cc(Cl)ccc2o1.Cc1nnc(Cc2ccccc2C)s1. The van der Waals surface area contributed by atoms with Crippen molar-refractivity contribution >= 4 is 45.4 Å². The fraction of sp³-hybridized carbons (Fsp3) is 0.393. The van der Waals surface area contributed by atoms with E-state index in [0.29, 0.717) is 10.9 Å². The van der Waals surface area contributed by atoms with Crippen molar-refractivity contribution in [3.63, 3.8) is 0 Å². The average Bonchev–Trinajstić information content (AvgIpc) is 3.60. The Kier molecular flexibility index (Phi) is 10.3. The Labute approximate surface area is 232 Å². The maximum absolute atomic E-state index is 5.75. The predicted molar refractivity (Wildman–Crippen MR) is 155 cm³/mol. The Morgan fingerprint density at radius 1 is 0.865 bits per heavy atom. The molecule has 3 aromatic heterocycles. The molecule has 5 aromatic rings. The van der Waals surface area contributed by atoms with Crippen LogP contribution in [0.2, 0.25) is 5.02 Å². The highest BCUT2D eigenvalue weighted by molar-refractivity contribution is 7.11. The van der Waals surface area contributed by atoms with Gasteiger partial charge in [-0.25, -0.2) is 4.98 Å². The largest absolute Gasteiger partial charge is 0.441 e. The highest BCUT2D eigenvalue weighted by Crippen LogP contribution is 2.32. The molecule has 0 amide bonds. The fourth-order valence-corrected chi connectivity index (χ4v) is 5.37. The highest BCUT2D eigenvalue weighted by Gasteiger charge is 2.26. The van der Waals surface area contributed by atoms with E-state index in [-0.39, 0.29) is 5.41 Å². The van der Waals surface area contributed by atoms with Gasteiger partial charge in [-0.3, -0.25) is 0 Å². The summed E-state index contributed by atoms with van der Waals surface area (Å²) < 4.78 is 5.25. The second-order valence-electron chi connectivity index (χ2n) is 9.06. The van der Waals surface area contributed by atoms with Crippen LogP contribution in [0.25, 0.3) is 11.1 Å². The molecule has 0 saturated carbocycles. The van der Waals surface area contributed by atoms with Crippen molar-refractivity contribution in [1.29, 1.82) is 0 Å². The van der Waals surface area contributed by atoms with Crippen LogP contribution in [0.15, 0.2) is 46.9 Å². The Hall–Kier alpha value is -2.68. The number of fused-ring (bicyclic) bond motifs is 1. The van der Waals surface area contributed by atoms with Crippen molar-refractivity contribution in [3.05, 3.63) is 84.5 Å². The van der Waals surface area contributed by atoms with E-state index in [2.05, 4.69) is 77.3 Å². The minimum atomic E-state index is 0.242. The third-order valence-corrected chi connectivity index (χ3v) is 8.45. The van der Waals surface area contributed by atoms with Crippen LogP contribution in [-0.4, -0.2) is 25.4 Å². The zero-order chi connectivity index (χ0) is 27.0. The van der Waals surface area contributed by atoms with Crippen LogP contribution in [0.5, 0.6) is 0 Å². The molecule has 0 radical (unpaired) electrons. The molecule has 2 aromatic carbocycles. The molecule has 0 N–H and O–H groups in total. The molecule has 0 aliphatic heterocycles. The van der Waals surface area contributed by atoms with Gasteiger partial charge in [-0.1, -0.05) is 56.6 Å². The quantitative estimate of drug-likeness (QED) is 0.216. The monoisotopic (exact) mass is 555 g/mol. The Bertz CT molecular complexity index is 1420. The molecule has 0 unspecified atom stereocenters. The first-order valence-corrected chi connectivity index (χ1v) is 14.3. The van der Waals surface area contributed by atoms with Crippen LogP contribution in [-0.2, 0) is 11.8 Å². The third kappa shape index (κ3) is 8.15. The smallest absolute Gasteiger partial charge is 0.192 e. The number of oxazole rings is 1. The Morgan fingerprint density at radius 2 is 1.54 bits per heavy atom. The average molecular weight is 556 g/mol. The van der Waals surface area contributed by atoms with Crippen molar-refractivity contribution in [2.45, 2.75) is 73.1 Å². The molecule has 0 bridgehead atoms. The lowest BCUT2D eigenvalue weighted by Crippen LogP contribution is -2.19. The number of hydrogen-bond donors (Lipinski definition) is 0. The van der Waals surface area contributed by atoms with Gasteiger partial charge in [0.05, 0.1) is 0 Å². The van der Waals surface area contributed by atoms with Crippen LogP contribution < -0.4 is 0 Å². The number of aryl methyl sites for hydroxylation is 4. The van der Waals surface area contributed by atoms with Crippen LogP contribution in [0.3, 0.4) is 0 Å². The van der Waals surface area contributed by atoms with E-state index in [1.54, 1.807) is 34.8 Å². The van der Waals surface area contributed by atoms with Crippen LogP contribution >= 0.6 is 34.3 Å². The predicted octanol–water partition coefficient (Wildman–Crippen LogP) is 8.46. The van der Waals surface area contributed by atoms with Gasteiger partial charge in [0.15, 0.2) is 11.5 Å². The summed E-state index contributed by atoms with van der Waals surface area (Å²) >= 11 is 9.14. The molecule has 0 aliphatic rings. The fourth-order valence-electron chi connectivity index (χ4n) is 3.49. The molecule has 0 atom stereocenters. The molecule has 3 heterocycles. The topological polar surface area (TPSA) is 77.6 Å². The van der Waals surface area contributed by atoms with E-state index in [0.717, 1.165) is 45.4 Å². The molecular formula is C28H34ClN5OS2. The zero-order valence-electron chi connectivity index (χ0n) is 22.5. The number of nitrogens with zero attached hydrogens (tertiary/aromatic N) is 5. The number of benzene rings is 2. The summed E-state index contributed by atoms with van der Waals surface area (Å²) in [6.45, 7) is 14.6. The van der Waals surface area contributed by atoms with Crippen molar-refractivity contribution in [1.82, 2.24) is 25.4 Å². The molecule has 0 fully saturated rings. The standard InChI is InChI=1S/C11H12N2S.C9H16N2S.C8H6ClNO/c1-8-5-3-4-6-10(8)7-11-13-12-9(2)14-11;1-5-9(4,6-2)8-11-10-7(3)12-8;1-5-10-7-4-6(9)2-3-8(7)11-5/h3-6H,7H2,1-2H3;5-6H2,1-4H3;2-4H,1H3. The van der Waals surface area contributed by atoms with Gasteiger partial charge in [-0.15, -0.1) is 43.1 Å². The second kappa shape index (κ2) is 13.2. The van der Waals surface area contributed by atoms with Crippen molar-refractivity contribution < 1.29 is 4.42 Å². The Morgan fingerprint density at radius 3 is 2.14 bits per heavy atom. The van der Waals surface area contributed by atoms with Gasteiger partial charge in [0.1, 0.15) is 25.5 Å². The lowest BCUT2D eigenvalue weighted by atomic mass is 9.86. The summed E-state index contributed by atoms with van der Waals surface area (Å²) in [6.07, 6.45) is 3.18. The van der Waals surface area contributed by atoms with Gasteiger partial charge in [-0.05, 0) is 62.9 Å². The molecule has 5 rings (SSSR count). The van der Waals surface area contributed by atoms with Crippen molar-refractivity contribution in [2.24, 2.45) is 0 Å². The minimum absolute atomic E-state index is 0.242. The summed E-state index contributed by atoms with van der Waals surface area (Å²) in [6, 6.07) is 13.8. The van der Waals surface area contributed by atoms with Gasteiger partial charge in [-0.2, -0.15) is 0 Å². The molecule has 196 valence electrons. The van der Waals surface area contributed by atoms with E-state index < -0.39 is 0 Å². The molecular weight excluding hydrogens is 522 g/mol. The molecule has 9 heteroatoms. The first-order chi connectivity index (χ1) is 17.6. The van der Waals surface area contributed by atoms with E-state index in [1.165, 1.54) is 16.1 Å². The van der Waals surface area contributed by atoms with Crippen molar-refractivity contribution in [3.8, 4) is 0 Å². The van der Waals surface area contributed by atoms with Gasteiger partial charge in [0.2, 0.25) is 0 Å². The zero-order valence-corrected chi connectivity index (χ0v) is 24.9. The molecule has 0 spiro atoms. The molecule has 0 aliphatic carbocycles. The Balaban J connectivity index is 0.000000155. The van der Waals surface area contributed by atoms with Crippen LogP contribution in [0.1, 0.15) is 70.7 Å². The van der Waals surface area contributed by atoms with E-state index in [4.69, 9.17) is 16.0 Å². The van der Waals surface area contributed by atoms with E-state index >= 15 is 0 Å². The minimum Gasteiger partial charge on any atom is -0.441 e. The maximum atomic E-state index is 5.75. The summed E-state index contributed by atoms with van der Waals surface area (Å²) in [5.74, 6) is 0.669. The normalized spacial score (nSPS) is 11.0. The summed E-state index contributed by atoms with van der Waals surface area (Å²) in [7, 11) is 0. The number of rotatable bonds is 5. The number of halogens is 1. The lowest BCUT2D eigenvalue weighted by molar-refractivity contribution is 0.433. The molecule has 37 heavy (non-hydrogen) atoms. The van der Waals surface area contributed by atoms with Gasteiger partial charge in [0.25, 0.3) is 0 Å². The maximum Gasteiger partial charge on any atom is 0.192 e.